The number of amides is 1. The maximum Gasteiger partial charge on any atom is 0.321 e. The minimum absolute atomic E-state index is 0.0279. The third-order valence-electron chi connectivity index (χ3n) is 12.0. The Morgan fingerprint density at radius 1 is 1.08 bits per heavy atom. The summed E-state index contributed by atoms with van der Waals surface area (Å²) in [5.41, 5.74) is 3.36. The van der Waals surface area contributed by atoms with E-state index in [1.165, 1.54) is 4.68 Å². The maximum absolute atomic E-state index is 15.0. The van der Waals surface area contributed by atoms with E-state index in [2.05, 4.69) is 30.9 Å². The fourth-order valence-corrected chi connectivity index (χ4v) is 10.4. The Hall–Kier alpha value is -5.54. The number of hydrogen-bond donors (Lipinski definition) is 4. The van der Waals surface area contributed by atoms with Gasteiger partial charge < -0.3 is 20.6 Å². The van der Waals surface area contributed by atoms with Gasteiger partial charge in [0.25, 0.3) is 12.3 Å². The van der Waals surface area contributed by atoms with Crippen LogP contribution in [0.15, 0.2) is 63.1 Å². The minimum atomic E-state index is -3.65. The molecule has 1 atom stereocenters. The van der Waals surface area contributed by atoms with Crippen LogP contribution >= 0.6 is 11.6 Å². The molecule has 5 aromatic rings. The number of benzene rings is 2. The molecule has 0 saturated heterocycles. The molecule has 3 aliphatic rings. The fourth-order valence-electron chi connectivity index (χ4n) is 8.06. The molecule has 3 aliphatic carbocycles. The number of fused-ring (bicyclic) bond motifs is 1. The molecule has 14 nitrogen and oxygen atoms in total. The number of aryl methyl sites for hydroxylation is 2. The predicted octanol–water partition coefficient (Wildman–Crippen LogP) is 7.71. The Morgan fingerprint density at radius 2 is 1.77 bits per heavy atom. The number of hydrogen-bond acceptors (Lipinski definition) is 12. The van der Waals surface area contributed by atoms with Gasteiger partial charge in [0.15, 0.2) is 15.7 Å². The molecule has 3 heterocycles. The molecule has 5 N–H and O–H groups in total. The topological polar surface area (TPSA) is 204 Å². The molecule has 22 heteroatoms. The van der Waals surface area contributed by atoms with Crippen molar-refractivity contribution >= 4 is 55.8 Å². The summed E-state index contributed by atoms with van der Waals surface area (Å²) < 4.78 is 119. The van der Waals surface area contributed by atoms with Crippen LogP contribution in [0.25, 0.3) is 22.0 Å². The van der Waals surface area contributed by atoms with E-state index in [0.717, 1.165) is 12.1 Å². The maximum atomic E-state index is 15.0. The van der Waals surface area contributed by atoms with Gasteiger partial charge in [-0.25, -0.2) is 26.0 Å². The zero-order chi connectivity index (χ0) is 46.8. The number of carbonyl (C=O) groups excluding carboxylic acids is 1. The highest BCUT2D eigenvalue weighted by Crippen LogP contribution is 2.46. The van der Waals surface area contributed by atoms with E-state index in [1.54, 1.807) is 45.2 Å². The Labute approximate surface area is 373 Å². The van der Waals surface area contributed by atoms with Crippen molar-refractivity contribution in [1.82, 2.24) is 30.3 Å². The van der Waals surface area contributed by atoms with E-state index in [0.29, 0.717) is 59.5 Å². The van der Waals surface area contributed by atoms with Crippen LogP contribution in [-0.4, -0.2) is 79.0 Å². The lowest BCUT2D eigenvalue weighted by atomic mass is 9.93. The van der Waals surface area contributed by atoms with Crippen LogP contribution in [0.3, 0.4) is 0 Å². The van der Waals surface area contributed by atoms with Gasteiger partial charge in [-0.2, -0.15) is 13.9 Å². The van der Waals surface area contributed by atoms with Crippen molar-refractivity contribution in [3.63, 3.8) is 0 Å². The van der Waals surface area contributed by atoms with Gasteiger partial charge in [-0.1, -0.05) is 28.8 Å². The molecule has 2 aromatic carbocycles. The molecule has 0 unspecified atom stereocenters. The first-order valence-electron chi connectivity index (χ1n) is 20.7. The van der Waals surface area contributed by atoms with Crippen LogP contribution in [-0.2, 0) is 40.1 Å². The number of rotatable bonds is 16. The van der Waals surface area contributed by atoms with E-state index < -0.39 is 97.7 Å². The van der Waals surface area contributed by atoms with Crippen molar-refractivity contribution in [2.45, 2.75) is 106 Å². The van der Waals surface area contributed by atoms with Crippen LogP contribution in [0.4, 0.5) is 38.2 Å². The Kier molecular flexibility index (Phi) is 12.1. The van der Waals surface area contributed by atoms with Crippen LogP contribution < -0.4 is 16.4 Å². The normalized spacial score (nSPS) is 19.0. The largest absolute Gasteiger partial charge is 0.405 e. The number of pyridine rings is 1. The molecule has 1 amide bonds. The molecule has 8 rings (SSSR count). The number of aromatic nitrogens is 5. The van der Waals surface area contributed by atoms with Crippen LogP contribution in [0, 0.1) is 11.6 Å². The Morgan fingerprint density at radius 3 is 2.43 bits per heavy atom. The number of alkyl halides is 4. The highest BCUT2D eigenvalue weighted by atomic mass is 35.5. The summed E-state index contributed by atoms with van der Waals surface area (Å²) in [4.78, 5) is 22.6. The molecule has 0 spiro atoms. The second-order valence-corrected chi connectivity index (χ2v) is 20.6. The number of allylic oxidation sites excluding steroid dienone is 2. The summed E-state index contributed by atoms with van der Waals surface area (Å²) >= 11 is 6.81. The molecule has 0 aliphatic heterocycles. The van der Waals surface area contributed by atoms with Crippen molar-refractivity contribution < 1.29 is 49.1 Å². The number of nitrogens with zero attached hydrogens (tertiary/aromatic N) is 6. The fraction of sp³-hybridized carbons (Fsp3) is 0.442. The summed E-state index contributed by atoms with van der Waals surface area (Å²) in [6.07, 6.45) is -2.54. The van der Waals surface area contributed by atoms with Gasteiger partial charge in [-0.05, 0) is 95.0 Å². The average Bonchev–Trinajstić information content (AvgIpc) is 4.12. The third-order valence-corrected chi connectivity index (χ3v) is 15.4. The monoisotopic (exact) mass is 947 g/mol. The van der Waals surface area contributed by atoms with E-state index in [9.17, 15) is 44.7 Å². The molecule has 3 fully saturated rings. The van der Waals surface area contributed by atoms with Crippen molar-refractivity contribution in [2.24, 2.45) is 17.8 Å². The summed E-state index contributed by atoms with van der Waals surface area (Å²) in [5.74, 6) is -6.27. The second kappa shape index (κ2) is 17.0. The first kappa shape index (κ1) is 46.0. The number of anilines is 2. The van der Waals surface area contributed by atoms with Gasteiger partial charge in [-0.3, -0.25) is 24.8 Å². The lowest BCUT2D eigenvalue weighted by Crippen LogP contribution is -2.35. The first-order valence-corrected chi connectivity index (χ1v) is 22.7. The smallest absolute Gasteiger partial charge is 0.321 e. The first-order chi connectivity index (χ1) is 30.6. The van der Waals surface area contributed by atoms with Gasteiger partial charge in [0.05, 0.1) is 43.4 Å². The SMILES string of the molecule is Cn1nc(Nc2nnc(C3(O)CC3)o2)c2c(Cl)ccc(-c3ccc(CCC(C)(C)S(=O)(=O)C4CC4)nc3[C@H](Cc3cc(F)cc(F)c3)NC(=O)CN=C3C(=C(N)C(F)F)CCC3(F)F)c21. The summed E-state index contributed by atoms with van der Waals surface area (Å²) in [6, 6.07) is 7.98. The lowest BCUT2D eigenvalue weighted by Gasteiger charge is -2.26. The van der Waals surface area contributed by atoms with Gasteiger partial charge in [0.2, 0.25) is 11.8 Å². The molecular formula is C43H44ClF6N9O5S. The Bertz CT molecular complexity index is 2860. The number of carbonyl (C=O) groups is 1. The van der Waals surface area contributed by atoms with Crippen molar-refractivity contribution in [1.29, 1.82) is 0 Å². The van der Waals surface area contributed by atoms with E-state index in [-0.39, 0.29) is 53.3 Å². The molecule has 0 bridgehead atoms. The highest BCUT2D eigenvalue weighted by Gasteiger charge is 2.48. The van der Waals surface area contributed by atoms with Crippen molar-refractivity contribution in [3.8, 4) is 11.1 Å². The zero-order valence-electron chi connectivity index (χ0n) is 35.2. The predicted molar refractivity (Wildman–Crippen MR) is 229 cm³/mol. The molecule has 3 aromatic heterocycles. The van der Waals surface area contributed by atoms with E-state index in [4.69, 9.17) is 26.7 Å². The third kappa shape index (κ3) is 9.31. The zero-order valence-corrected chi connectivity index (χ0v) is 36.8. The second-order valence-electron chi connectivity index (χ2n) is 17.3. The van der Waals surface area contributed by atoms with Gasteiger partial charge >= 0.3 is 6.01 Å². The van der Waals surface area contributed by atoms with E-state index in [1.807, 2.05) is 0 Å². The number of aliphatic hydroxyl groups is 1. The Balaban J connectivity index is 1.23. The highest BCUT2D eigenvalue weighted by molar-refractivity contribution is 7.93. The van der Waals surface area contributed by atoms with Crippen LogP contribution in [0.2, 0.25) is 5.02 Å². The van der Waals surface area contributed by atoms with Crippen molar-refractivity contribution in [3.05, 3.63) is 93.2 Å². The number of halogens is 7. The van der Waals surface area contributed by atoms with Crippen LogP contribution in [0.5, 0.6) is 0 Å². The molecule has 0 radical (unpaired) electrons. The van der Waals surface area contributed by atoms with Crippen LogP contribution in [0.1, 0.15) is 87.7 Å². The number of sulfone groups is 1. The summed E-state index contributed by atoms with van der Waals surface area (Å²) in [6.45, 7) is 2.31. The molecule has 65 heavy (non-hydrogen) atoms. The molecule has 3 saturated carbocycles. The van der Waals surface area contributed by atoms with Gasteiger partial charge in [0.1, 0.15) is 29.5 Å². The molecular weight excluding hydrogens is 904 g/mol. The van der Waals surface area contributed by atoms with E-state index >= 15 is 0 Å². The van der Waals surface area contributed by atoms with Gasteiger partial charge in [0, 0.05) is 41.9 Å². The lowest BCUT2D eigenvalue weighted by molar-refractivity contribution is -0.120. The van der Waals surface area contributed by atoms with Gasteiger partial charge in [-0.15, -0.1) is 5.10 Å². The average molecular weight is 948 g/mol. The molecule has 346 valence electrons. The number of aliphatic imine (C=N–C) groups is 1. The summed E-state index contributed by atoms with van der Waals surface area (Å²) in [7, 11) is -1.88. The number of nitrogens with two attached hydrogens (primary N) is 1. The minimum Gasteiger partial charge on any atom is -0.405 e. The standard InChI is InChI=1S/C43H44ClF6N9O5S/c1-41(2,65(62,63)25-5-6-25)12-10-24-4-7-26(27-8-9-29(44)32-35(27)59(3)58-38(32)55-40-57-56-39(64-40)42(61)14-15-42)34(53-24)30(18-21-16-22(45)19-23(46)17-21)54-31(60)20-52-36-28(33(51)37(47)48)11-13-43(36,49)50/h4,7-9,16-17,19,25,30,37,61H,5-6,10-15,18,20,51H2,1-3H3,(H,54,60)(H,55,57,58)/t30-/m0/s1. The number of nitrogens with one attached hydrogen (secondary N) is 2. The quantitative estimate of drug-likeness (QED) is 0.0706. The van der Waals surface area contributed by atoms with Crippen molar-refractivity contribution in [2.75, 3.05) is 11.9 Å². The summed E-state index contributed by atoms with van der Waals surface area (Å²) in [5, 5.41) is 28.9.